The highest BCUT2D eigenvalue weighted by molar-refractivity contribution is 6.30. The Bertz CT molecular complexity index is 459. The fourth-order valence-corrected chi connectivity index (χ4v) is 1.56. The second kappa shape index (κ2) is 3.99. The van der Waals surface area contributed by atoms with Gasteiger partial charge < -0.3 is 0 Å². The zero-order chi connectivity index (χ0) is 10.8. The Hall–Kier alpha value is -1.41. The topological polar surface area (TPSA) is 12.9 Å². The third-order valence-corrected chi connectivity index (χ3v) is 2.29. The molecule has 1 heterocycles. The van der Waals surface area contributed by atoms with Gasteiger partial charge in [0.15, 0.2) is 0 Å². The van der Waals surface area contributed by atoms with Gasteiger partial charge in [-0.25, -0.2) is 4.39 Å². The van der Waals surface area contributed by atoms with Crippen LogP contribution in [-0.2, 0) is 0 Å². The lowest BCUT2D eigenvalue weighted by molar-refractivity contribution is 0.628. The van der Waals surface area contributed by atoms with Gasteiger partial charge in [0.2, 0.25) is 0 Å². The van der Waals surface area contributed by atoms with E-state index < -0.39 is 0 Å². The van der Waals surface area contributed by atoms with E-state index in [9.17, 15) is 4.39 Å². The highest BCUT2D eigenvalue weighted by Gasteiger charge is 2.02. The van der Waals surface area contributed by atoms with Gasteiger partial charge in [0.25, 0.3) is 0 Å². The van der Waals surface area contributed by atoms with E-state index in [-0.39, 0.29) is 5.82 Å². The fourth-order valence-electron chi connectivity index (χ4n) is 1.34. The first-order valence-electron chi connectivity index (χ1n) is 4.54. The molecular weight excluding hydrogens is 213 g/mol. The second-order valence-electron chi connectivity index (χ2n) is 3.38. The molecule has 0 saturated carbocycles. The van der Waals surface area contributed by atoms with Crippen molar-refractivity contribution in [2.45, 2.75) is 6.92 Å². The number of benzene rings is 1. The summed E-state index contributed by atoms with van der Waals surface area (Å²) in [5, 5.41) is 0.382. The van der Waals surface area contributed by atoms with Crippen molar-refractivity contribution in [2.24, 2.45) is 0 Å². The van der Waals surface area contributed by atoms with Crippen LogP contribution in [0, 0.1) is 12.7 Å². The summed E-state index contributed by atoms with van der Waals surface area (Å²) in [4.78, 5) is 4.21. The monoisotopic (exact) mass is 221 g/mol. The first-order chi connectivity index (χ1) is 7.15. The molecule has 0 aliphatic rings. The number of nitrogens with zero attached hydrogens (tertiary/aromatic N) is 1. The molecule has 1 aromatic heterocycles. The molecule has 76 valence electrons. The molecule has 0 atom stereocenters. The molecule has 0 fully saturated rings. The summed E-state index contributed by atoms with van der Waals surface area (Å²) in [6.07, 6.45) is 1.74. The Morgan fingerprint density at radius 1 is 1.20 bits per heavy atom. The molecular formula is C12H9ClFN. The van der Waals surface area contributed by atoms with Gasteiger partial charge in [0.1, 0.15) is 5.82 Å². The van der Waals surface area contributed by atoms with Crippen molar-refractivity contribution in [3.8, 4) is 11.3 Å². The van der Waals surface area contributed by atoms with Crippen molar-refractivity contribution in [1.82, 2.24) is 4.98 Å². The van der Waals surface area contributed by atoms with Crippen LogP contribution >= 0.6 is 11.6 Å². The van der Waals surface area contributed by atoms with Crippen LogP contribution in [0.3, 0.4) is 0 Å². The predicted octanol–water partition coefficient (Wildman–Crippen LogP) is 3.85. The van der Waals surface area contributed by atoms with E-state index in [1.54, 1.807) is 12.3 Å². The third-order valence-electron chi connectivity index (χ3n) is 2.07. The fraction of sp³-hybridized carbons (Fsp3) is 0.0833. The standard InChI is InChI=1S/C12H9ClFN/c1-8-2-3-12(15-7-8)9-4-10(13)6-11(14)5-9/h2-7H,1H3. The minimum Gasteiger partial charge on any atom is -0.256 e. The van der Waals surface area contributed by atoms with Gasteiger partial charge in [-0.3, -0.25) is 4.98 Å². The molecule has 0 bridgehead atoms. The third kappa shape index (κ3) is 2.34. The summed E-state index contributed by atoms with van der Waals surface area (Å²) in [5.74, 6) is -0.347. The zero-order valence-corrected chi connectivity index (χ0v) is 8.92. The maximum atomic E-state index is 13.1. The number of aromatic nitrogens is 1. The summed E-state index contributed by atoms with van der Waals surface area (Å²) in [7, 11) is 0. The van der Waals surface area contributed by atoms with Crippen molar-refractivity contribution in [2.75, 3.05) is 0 Å². The number of halogens is 2. The molecule has 0 amide bonds. The number of pyridine rings is 1. The van der Waals surface area contributed by atoms with Crippen LogP contribution in [0.4, 0.5) is 4.39 Å². The van der Waals surface area contributed by atoms with Crippen LogP contribution < -0.4 is 0 Å². The van der Waals surface area contributed by atoms with Gasteiger partial charge in [-0.15, -0.1) is 0 Å². The van der Waals surface area contributed by atoms with Gasteiger partial charge >= 0.3 is 0 Å². The number of hydrogen-bond donors (Lipinski definition) is 0. The van der Waals surface area contributed by atoms with E-state index in [0.29, 0.717) is 10.6 Å². The second-order valence-corrected chi connectivity index (χ2v) is 3.82. The molecule has 0 saturated heterocycles. The molecule has 1 nitrogen and oxygen atoms in total. The van der Waals surface area contributed by atoms with E-state index >= 15 is 0 Å². The normalized spacial score (nSPS) is 10.3. The molecule has 2 rings (SSSR count). The van der Waals surface area contributed by atoms with E-state index in [4.69, 9.17) is 11.6 Å². The average Bonchev–Trinajstić information content (AvgIpc) is 2.17. The zero-order valence-electron chi connectivity index (χ0n) is 8.17. The summed E-state index contributed by atoms with van der Waals surface area (Å²) >= 11 is 5.76. The first kappa shape index (κ1) is 10.1. The van der Waals surface area contributed by atoms with Crippen LogP contribution in [0.2, 0.25) is 5.02 Å². The van der Waals surface area contributed by atoms with Crippen molar-refractivity contribution in [3.63, 3.8) is 0 Å². The molecule has 0 aliphatic carbocycles. The average molecular weight is 222 g/mol. The van der Waals surface area contributed by atoms with E-state index in [0.717, 1.165) is 11.3 Å². The van der Waals surface area contributed by atoms with E-state index in [2.05, 4.69) is 4.98 Å². The molecule has 0 N–H and O–H groups in total. The Morgan fingerprint density at radius 2 is 2.00 bits per heavy atom. The highest BCUT2D eigenvalue weighted by atomic mass is 35.5. The van der Waals surface area contributed by atoms with Crippen molar-refractivity contribution >= 4 is 11.6 Å². The molecule has 3 heteroatoms. The summed E-state index contributed by atoms with van der Waals surface area (Å²) < 4.78 is 13.1. The first-order valence-corrected chi connectivity index (χ1v) is 4.92. The smallest absolute Gasteiger partial charge is 0.125 e. The number of rotatable bonds is 1. The van der Waals surface area contributed by atoms with Crippen LogP contribution in [0.1, 0.15) is 5.56 Å². The quantitative estimate of drug-likeness (QED) is 0.713. The van der Waals surface area contributed by atoms with Gasteiger partial charge in [-0.2, -0.15) is 0 Å². The Balaban J connectivity index is 2.49. The SMILES string of the molecule is Cc1ccc(-c2cc(F)cc(Cl)c2)nc1. The molecule has 0 spiro atoms. The summed E-state index contributed by atoms with van der Waals surface area (Å²) in [6, 6.07) is 8.17. The largest absolute Gasteiger partial charge is 0.256 e. The van der Waals surface area contributed by atoms with Crippen molar-refractivity contribution in [1.29, 1.82) is 0 Å². The van der Waals surface area contributed by atoms with Crippen LogP contribution in [0.25, 0.3) is 11.3 Å². The van der Waals surface area contributed by atoms with Crippen LogP contribution in [0.5, 0.6) is 0 Å². The minimum absolute atomic E-state index is 0.347. The Morgan fingerprint density at radius 3 is 2.60 bits per heavy atom. The summed E-state index contributed by atoms with van der Waals surface area (Å²) in [6.45, 7) is 1.95. The maximum Gasteiger partial charge on any atom is 0.125 e. The van der Waals surface area contributed by atoms with Gasteiger partial charge in [0, 0.05) is 16.8 Å². The van der Waals surface area contributed by atoms with E-state index in [1.807, 2.05) is 19.1 Å². The molecule has 0 aliphatic heterocycles. The van der Waals surface area contributed by atoms with Gasteiger partial charge in [0.05, 0.1) is 5.69 Å². The lowest BCUT2D eigenvalue weighted by atomic mass is 10.1. The predicted molar refractivity (Wildman–Crippen MR) is 59.4 cm³/mol. The van der Waals surface area contributed by atoms with Crippen LogP contribution in [0.15, 0.2) is 36.5 Å². The van der Waals surface area contributed by atoms with Gasteiger partial charge in [-0.1, -0.05) is 17.7 Å². The molecule has 2 aromatic rings. The van der Waals surface area contributed by atoms with Crippen molar-refractivity contribution < 1.29 is 4.39 Å². The Kier molecular flexibility index (Phi) is 2.69. The molecule has 0 radical (unpaired) electrons. The van der Waals surface area contributed by atoms with Gasteiger partial charge in [-0.05, 0) is 36.8 Å². The maximum absolute atomic E-state index is 13.1. The van der Waals surface area contributed by atoms with E-state index in [1.165, 1.54) is 12.1 Å². The number of hydrogen-bond acceptors (Lipinski definition) is 1. The Labute approximate surface area is 92.5 Å². The lowest BCUT2D eigenvalue weighted by Crippen LogP contribution is -1.85. The summed E-state index contributed by atoms with van der Waals surface area (Å²) in [5.41, 5.74) is 2.49. The van der Waals surface area contributed by atoms with Crippen LogP contribution in [-0.4, -0.2) is 4.98 Å². The van der Waals surface area contributed by atoms with Crippen molar-refractivity contribution in [3.05, 3.63) is 52.9 Å². The lowest BCUT2D eigenvalue weighted by Gasteiger charge is -2.02. The number of aryl methyl sites for hydroxylation is 1. The molecule has 15 heavy (non-hydrogen) atoms. The molecule has 0 unspecified atom stereocenters. The minimum atomic E-state index is -0.347. The molecule has 1 aromatic carbocycles. The highest BCUT2D eigenvalue weighted by Crippen LogP contribution is 2.22.